The number of nitrogens with zero attached hydrogens (tertiary/aromatic N) is 4. The molecule has 134 valence electrons. The molecular formula is C22H26N4. The zero-order valence-electron chi connectivity index (χ0n) is 15.3. The fourth-order valence-corrected chi connectivity index (χ4v) is 3.38. The lowest BCUT2D eigenvalue weighted by molar-refractivity contribution is 0.510. The fraction of sp³-hybridized carbons (Fsp3) is 0.364. The molecular weight excluding hydrogens is 320 g/mol. The number of hydrogen-bond donors (Lipinski definition) is 0. The van der Waals surface area contributed by atoms with Gasteiger partial charge >= 0.3 is 0 Å². The smallest absolute Gasteiger partial charge is 0.128 e. The Kier molecular flexibility index (Phi) is 6.82. The number of aryl methyl sites for hydroxylation is 1. The molecule has 0 amide bonds. The van der Waals surface area contributed by atoms with Crippen molar-refractivity contribution in [3.63, 3.8) is 0 Å². The number of pyridine rings is 2. The highest BCUT2D eigenvalue weighted by molar-refractivity contribution is 5.16. The van der Waals surface area contributed by atoms with E-state index in [-0.39, 0.29) is 0 Å². The van der Waals surface area contributed by atoms with Crippen LogP contribution in [-0.2, 0) is 6.42 Å². The van der Waals surface area contributed by atoms with Crippen molar-refractivity contribution in [2.45, 2.75) is 50.9 Å². The standard InChI is InChI=1S/C22H26N4/c1-18(21-7-3-12-24-17-21)5-2-6-19(20-10-15-23-16-11-20)8-9-22-25-13-4-14-26-22/h3-4,7,10-19H,2,5-6,8-9H2,1H3. The molecule has 0 aliphatic carbocycles. The molecule has 2 atom stereocenters. The van der Waals surface area contributed by atoms with Crippen LogP contribution in [0.4, 0.5) is 0 Å². The summed E-state index contributed by atoms with van der Waals surface area (Å²) in [5.74, 6) is 1.98. The average Bonchev–Trinajstić information content (AvgIpc) is 2.72. The summed E-state index contributed by atoms with van der Waals surface area (Å²) in [6, 6.07) is 10.3. The van der Waals surface area contributed by atoms with Gasteiger partial charge in [0.05, 0.1) is 0 Å². The molecule has 4 nitrogen and oxygen atoms in total. The van der Waals surface area contributed by atoms with Gasteiger partial charge in [0.1, 0.15) is 5.82 Å². The molecule has 0 aliphatic rings. The Labute approximate surface area is 155 Å². The second kappa shape index (κ2) is 9.76. The Balaban J connectivity index is 1.57. The zero-order chi connectivity index (χ0) is 18.0. The average molecular weight is 346 g/mol. The van der Waals surface area contributed by atoms with Gasteiger partial charge in [-0.1, -0.05) is 19.4 Å². The van der Waals surface area contributed by atoms with E-state index in [1.807, 2.05) is 49.3 Å². The lowest BCUT2D eigenvalue weighted by atomic mass is 9.87. The summed E-state index contributed by atoms with van der Waals surface area (Å²) in [6.07, 6.45) is 16.7. The van der Waals surface area contributed by atoms with Crippen molar-refractivity contribution < 1.29 is 0 Å². The minimum atomic E-state index is 0.517. The van der Waals surface area contributed by atoms with Gasteiger partial charge in [-0.25, -0.2) is 9.97 Å². The molecule has 3 heterocycles. The third kappa shape index (κ3) is 5.45. The molecule has 3 aromatic heterocycles. The second-order valence-corrected chi connectivity index (χ2v) is 6.80. The maximum atomic E-state index is 4.36. The first-order chi connectivity index (χ1) is 12.8. The number of hydrogen-bond acceptors (Lipinski definition) is 4. The van der Waals surface area contributed by atoms with Crippen LogP contribution in [0.25, 0.3) is 0 Å². The van der Waals surface area contributed by atoms with Crippen LogP contribution in [0.3, 0.4) is 0 Å². The molecule has 0 spiro atoms. The van der Waals surface area contributed by atoms with E-state index in [9.17, 15) is 0 Å². The van der Waals surface area contributed by atoms with E-state index < -0.39 is 0 Å². The minimum absolute atomic E-state index is 0.517. The predicted octanol–water partition coefficient (Wildman–Crippen LogP) is 4.96. The highest BCUT2D eigenvalue weighted by Gasteiger charge is 2.14. The molecule has 3 rings (SSSR count). The molecule has 0 bridgehead atoms. The molecule has 0 radical (unpaired) electrons. The maximum Gasteiger partial charge on any atom is 0.128 e. The van der Waals surface area contributed by atoms with Crippen molar-refractivity contribution in [1.82, 2.24) is 19.9 Å². The quantitative estimate of drug-likeness (QED) is 0.549. The van der Waals surface area contributed by atoms with Gasteiger partial charge in [0.15, 0.2) is 0 Å². The van der Waals surface area contributed by atoms with E-state index in [4.69, 9.17) is 0 Å². The van der Waals surface area contributed by atoms with Crippen LogP contribution >= 0.6 is 0 Å². The van der Waals surface area contributed by atoms with Crippen LogP contribution < -0.4 is 0 Å². The van der Waals surface area contributed by atoms with Gasteiger partial charge in [0.2, 0.25) is 0 Å². The van der Waals surface area contributed by atoms with Crippen molar-refractivity contribution in [2.75, 3.05) is 0 Å². The molecule has 0 fully saturated rings. The van der Waals surface area contributed by atoms with E-state index in [2.05, 4.69) is 45.1 Å². The topological polar surface area (TPSA) is 51.6 Å². The van der Waals surface area contributed by atoms with E-state index >= 15 is 0 Å². The van der Waals surface area contributed by atoms with Gasteiger partial charge in [-0.05, 0) is 66.5 Å². The molecule has 0 saturated carbocycles. The molecule has 0 saturated heterocycles. The number of aromatic nitrogens is 4. The van der Waals surface area contributed by atoms with Crippen molar-refractivity contribution in [2.24, 2.45) is 0 Å². The largest absolute Gasteiger partial charge is 0.265 e. The van der Waals surface area contributed by atoms with Crippen molar-refractivity contribution in [3.05, 3.63) is 84.5 Å². The van der Waals surface area contributed by atoms with E-state index in [1.165, 1.54) is 30.4 Å². The van der Waals surface area contributed by atoms with Crippen molar-refractivity contribution in [1.29, 1.82) is 0 Å². The predicted molar refractivity (Wildman–Crippen MR) is 104 cm³/mol. The van der Waals surface area contributed by atoms with Crippen LogP contribution in [-0.4, -0.2) is 19.9 Å². The lowest BCUT2D eigenvalue weighted by Crippen LogP contribution is -2.04. The molecule has 0 aliphatic heterocycles. The van der Waals surface area contributed by atoms with Gasteiger partial charge in [-0.15, -0.1) is 0 Å². The SMILES string of the molecule is CC(CCCC(CCc1ncccn1)c1ccncc1)c1cccnc1. The second-order valence-electron chi connectivity index (χ2n) is 6.80. The third-order valence-corrected chi connectivity index (χ3v) is 4.96. The first-order valence-electron chi connectivity index (χ1n) is 9.38. The Morgan fingerprint density at radius 3 is 2.31 bits per heavy atom. The van der Waals surface area contributed by atoms with Gasteiger partial charge in [0.25, 0.3) is 0 Å². The summed E-state index contributed by atoms with van der Waals surface area (Å²) >= 11 is 0. The van der Waals surface area contributed by atoms with Crippen molar-refractivity contribution >= 4 is 0 Å². The highest BCUT2D eigenvalue weighted by atomic mass is 14.8. The van der Waals surface area contributed by atoms with Crippen LogP contribution in [0.5, 0.6) is 0 Å². The van der Waals surface area contributed by atoms with Gasteiger partial charge in [0, 0.05) is 43.6 Å². The normalized spacial score (nSPS) is 13.3. The van der Waals surface area contributed by atoms with Crippen LogP contribution in [0, 0.1) is 0 Å². The van der Waals surface area contributed by atoms with Crippen LogP contribution in [0.2, 0.25) is 0 Å². The summed E-state index contributed by atoms with van der Waals surface area (Å²) < 4.78 is 0. The van der Waals surface area contributed by atoms with Crippen LogP contribution in [0.1, 0.15) is 61.4 Å². The van der Waals surface area contributed by atoms with E-state index in [0.29, 0.717) is 11.8 Å². The van der Waals surface area contributed by atoms with Crippen molar-refractivity contribution in [3.8, 4) is 0 Å². The Morgan fingerprint density at radius 2 is 1.58 bits per heavy atom. The molecule has 26 heavy (non-hydrogen) atoms. The van der Waals surface area contributed by atoms with Gasteiger partial charge in [-0.2, -0.15) is 0 Å². The summed E-state index contributed by atoms with van der Waals surface area (Å²) in [5, 5.41) is 0. The fourth-order valence-electron chi connectivity index (χ4n) is 3.38. The molecule has 0 aromatic carbocycles. The Bertz CT molecular complexity index is 747. The molecule has 3 aromatic rings. The minimum Gasteiger partial charge on any atom is -0.265 e. The lowest BCUT2D eigenvalue weighted by Gasteiger charge is -2.18. The van der Waals surface area contributed by atoms with Gasteiger partial charge < -0.3 is 0 Å². The first-order valence-corrected chi connectivity index (χ1v) is 9.38. The summed E-state index contributed by atoms with van der Waals surface area (Å²) in [6.45, 7) is 2.29. The van der Waals surface area contributed by atoms with Crippen LogP contribution in [0.15, 0.2) is 67.5 Å². The highest BCUT2D eigenvalue weighted by Crippen LogP contribution is 2.29. The molecule has 2 unspecified atom stereocenters. The first kappa shape index (κ1) is 18.2. The number of rotatable bonds is 9. The monoisotopic (exact) mass is 346 g/mol. The summed E-state index contributed by atoms with van der Waals surface area (Å²) in [5.41, 5.74) is 2.69. The Morgan fingerprint density at radius 1 is 0.769 bits per heavy atom. The third-order valence-electron chi connectivity index (χ3n) is 4.96. The summed E-state index contributed by atoms with van der Waals surface area (Å²) in [7, 11) is 0. The Hall–Kier alpha value is -2.62. The zero-order valence-corrected chi connectivity index (χ0v) is 15.3. The van der Waals surface area contributed by atoms with Gasteiger partial charge in [-0.3, -0.25) is 9.97 Å². The summed E-state index contributed by atoms with van der Waals surface area (Å²) in [4.78, 5) is 17.1. The molecule has 0 N–H and O–H groups in total. The van der Waals surface area contributed by atoms with E-state index in [1.54, 1.807) is 0 Å². The van der Waals surface area contributed by atoms with E-state index in [0.717, 1.165) is 18.7 Å². The maximum absolute atomic E-state index is 4.36. The molecule has 4 heteroatoms.